The van der Waals surface area contributed by atoms with E-state index >= 15 is 0 Å². The number of fused-ring (bicyclic) bond motifs is 2. The van der Waals surface area contributed by atoms with Crippen LogP contribution in [0.25, 0.3) is 89.6 Å². The molecule has 0 aliphatic carbocycles. The maximum Gasteiger partial charge on any atom is 0.148 e. The first-order valence-corrected chi connectivity index (χ1v) is 26.5. The van der Waals surface area contributed by atoms with E-state index in [4.69, 9.17) is 29.9 Å². The van der Waals surface area contributed by atoms with Gasteiger partial charge in [-0.25, -0.2) is 9.97 Å². The second kappa shape index (κ2) is 20.7. The van der Waals surface area contributed by atoms with Crippen molar-refractivity contribution in [3.05, 3.63) is 131 Å². The number of hydrogen-bond acceptors (Lipinski definition) is 8. The number of aromatic nitrogens is 8. The maximum atomic E-state index is 11.9. The Bertz CT molecular complexity index is 3530. The van der Waals surface area contributed by atoms with Crippen LogP contribution < -0.4 is 0 Å². The molecule has 78 heavy (non-hydrogen) atoms. The van der Waals surface area contributed by atoms with Gasteiger partial charge in [-0.15, -0.1) is 58.7 Å². The van der Waals surface area contributed by atoms with Crippen LogP contribution >= 0.6 is 0 Å². The van der Waals surface area contributed by atoms with Gasteiger partial charge in [0.2, 0.25) is 0 Å². The third-order valence-corrected chi connectivity index (χ3v) is 14.5. The standard InChI is InChI=1S/C66H76N8O2.2Pt/c1-61(2,3)41-29-37(43-23-21-25-49-53(43)71-59(73(49)19)45-33-51(63(7,8)9)69-57(55(45)75)65(13,14)15)27-39(31-41)47-35-48(68-36-67-47)40-28-38(30-42(32-40)62(4,5)6)44-24-22-26-50-54(44)72-60(74(50)20)46-34-52(64(10,11)12)70-58(56(46)76)66(16,17)18;;/h21-26,29-36,75-76H,1-20H3;;/q-2;;. The van der Waals surface area contributed by atoms with E-state index < -0.39 is 10.8 Å². The van der Waals surface area contributed by atoms with E-state index in [1.165, 1.54) is 0 Å². The van der Waals surface area contributed by atoms with Gasteiger partial charge in [0.25, 0.3) is 0 Å². The second-order valence-electron chi connectivity index (χ2n) is 27.0. The first-order chi connectivity index (χ1) is 35.1. The molecule has 0 unspecified atom stereocenters. The van der Waals surface area contributed by atoms with Gasteiger partial charge in [-0.3, -0.25) is 19.9 Å². The molecule has 5 aromatic heterocycles. The number of aryl methyl sites for hydroxylation is 2. The van der Waals surface area contributed by atoms with E-state index in [9.17, 15) is 10.2 Å². The third-order valence-electron chi connectivity index (χ3n) is 14.5. The summed E-state index contributed by atoms with van der Waals surface area (Å²) in [7, 11) is 4.02. The molecule has 0 bridgehead atoms. The molecule has 10 nitrogen and oxygen atoms in total. The van der Waals surface area contributed by atoms with Gasteiger partial charge >= 0.3 is 0 Å². The Labute approximate surface area is 491 Å². The first kappa shape index (κ1) is 59.8. The Kier molecular flexibility index (Phi) is 15.9. The van der Waals surface area contributed by atoms with Crippen LogP contribution in [0.5, 0.6) is 11.5 Å². The van der Waals surface area contributed by atoms with Gasteiger partial charge in [0, 0.05) is 101 Å². The van der Waals surface area contributed by atoms with Crippen molar-refractivity contribution in [3.63, 3.8) is 0 Å². The zero-order chi connectivity index (χ0) is 55.6. The fourth-order valence-corrected chi connectivity index (χ4v) is 9.80. The zero-order valence-corrected chi connectivity index (χ0v) is 53.7. The van der Waals surface area contributed by atoms with E-state index in [0.29, 0.717) is 34.2 Å². The number of imidazole rings is 2. The van der Waals surface area contributed by atoms with E-state index in [1.54, 1.807) is 6.33 Å². The summed E-state index contributed by atoms with van der Waals surface area (Å²) >= 11 is 0. The van der Waals surface area contributed by atoms with Crippen LogP contribution in [0.1, 0.15) is 159 Å². The van der Waals surface area contributed by atoms with Crippen molar-refractivity contribution in [2.45, 2.75) is 157 Å². The Morgan fingerprint density at radius 3 is 1.06 bits per heavy atom. The molecule has 9 aromatic rings. The Morgan fingerprint density at radius 1 is 0.397 bits per heavy atom. The molecule has 9 rings (SSSR count). The van der Waals surface area contributed by atoms with Crippen LogP contribution in [0.15, 0.2) is 85.2 Å². The fourth-order valence-electron chi connectivity index (χ4n) is 9.80. The molecule has 0 amide bonds. The monoisotopic (exact) mass is 1400 g/mol. The predicted octanol–water partition coefficient (Wildman–Crippen LogP) is 15.8. The zero-order valence-electron chi connectivity index (χ0n) is 49.2. The van der Waals surface area contributed by atoms with Crippen LogP contribution in [-0.4, -0.2) is 49.3 Å². The Balaban J connectivity index is 0.00000441. The second-order valence-corrected chi connectivity index (χ2v) is 27.0. The molecule has 0 atom stereocenters. The normalized spacial score (nSPS) is 12.8. The number of aromatic hydroxyl groups is 2. The van der Waals surface area contributed by atoms with Crippen LogP contribution in [-0.2, 0) is 88.7 Å². The SMILES string of the molecule is Cn1c(-c2cc(C(C)(C)C)nc(C(C)(C)C)c2O)nc2c(-c3[c-]c(-c4cc(-c5[c-]c(-c6cccc7c6nc(-c6cc(C(C)(C)C)nc(C(C)(C)C)c6O)n7C)cc(C(C)(C)C)c5)ncn4)cc(C(C)(C)C)c3)cccc21.[Pt].[Pt]. The number of hydrogen-bond donors (Lipinski definition) is 2. The minimum absolute atomic E-state index is 0. The molecular formula is C66H76N8O2Pt2-2. The molecule has 0 saturated heterocycles. The molecule has 5 heterocycles. The number of rotatable bonds is 6. The predicted molar refractivity (Wildman–Crippen MR) is 312 cm³/mol. The third kappa shape index (κ3) is 11.3. The van der Waals surface area contributed by atoms with Crippen molar-refractivity contribution < 1.29 is 52.3 Å². The summed E-state index contributed by atoms with van der Waals surface area (Å²) in [4.78, 5) is 30.5. The number of benzene rings is 4. The molecule has 0 fully saturated rings. The van der Waals surface area contributed by atoms with Crippen molar-refractivity contribution in [1.82, 2.24) is 39.0 Å². The molecule has 0 aliphatic heterocycles. The van der Waals surface area contributed by atoms with E-state index in [0.717, 1.165) is 89.4 Å². The van der Waals surface area contributed by atoms with Crippen molar-refractivity contribution in [2.24, 2.45) is 14.1 Å². The summed E-state index contributed by atoms with van der Waals surface area (Å²) in [6, 6.07) is 34.9. The van der Waals surface area contributed by atoms with Gasteiger partial charge in [-0.2, -0.15) is 0 Å². The molecule has 12 heteroatoms. The average molecular weight is 1400 g/mol. The first-order valence-electron chi connectivity index (χ1n) is 26.5. The summed E-state index contributed by atoms with van der Waals surface area (Å²) in [5.41, 5.74) is 15.1. The van der Waals surface area contributed by atoms with Gasteiger partial charge in [0.1, 0.15) is 23.1 Å². The fraction of sp³-hybridized carbons (Fsp3) is 0.394. The maximum absolute atomic E-state index is 11.9. The minimum atomic E-state index is -0.397. The van der Waals surface area contributed by atoms with E-state index in [2.05, 4.69) is 207 Å². The van der Waals surface area contributed by atoms with Gasteiger partial charge in [0.05, 0.1) is 50.9 Å². The van der Waals surface area contributed by atoms with Gasteiger partial charge in [-0.1, -0.05) is 177 Å². The van der Waals surface area contributed by atoms with E-state index in [-0.39, 0.29) is 75.3 Å². The molecule has 0 saturated carbocycles. The molecule has 414 valence electrons. The minimum Gasteiger partial charge on any atom is -0.505 e. The Morgan fingerprint density at radius 2 is 0.744 bits per heavy atom. The molecule has 2 N–H and O–H groups in total. The quantitative estimate of drug-likeness (QED) is 0.158. The van der Waals surface area contributed by atoms with Gasteiger partial charge in [-0.05, 0) is 35.1 Å². The van der Waals surface area contributed by atoms with Crippen molar-refractivity contribution >= 4 is 22.1 Å². The molecule has 4 aromatic carbocycles. The van der Waals surface area contributed by atoms with Gasteiger partial charge < -0.3 is 19.3 Å². The smallest absolute Gasteiger partial charge is 0.148 e. The number of pyridine rings is 2. The topological polar surface area (TPSA) is 128 Å². The Hall–Kier alpha value is -5.82. The molecular weight excluding hydrogens is 1330 g/mol. The molecule has 0 aliphatic rings. The average Bonchev–Trinajstić information content (AvgIpc) is 3.88. The molecule has 0 spiro atoms. The van der Waals surface area contributed by atoms with Gasteiger partial charge in [0.15, 0.2) is 0 Å². The van der Waals surface area contributed by atoms with Crippen molar-refractivity contribution in [1.29, 1.82) is 0 Å². The van der Waals surface area contributed by atoms with Crippen molar-refractivity contribution in [2.75, 3.05) is 0 Å². The number of para-hydroxylation sites is 2. The summed E-state index contributed by atoms with van der Waals surface area (Å²) in [6.45, 7) is 38.7. The van der Waals surface area contributed by atoms with Crippen LogP contribution in [0.3, 0.4) is 0 Å². The van der Waals surface area contributed by atoms with Crippen LogP contribution in [0.4, 0.5) is 0 Å². The van der Waals surface area contributed by atoms with Crippen molar-refractivity contribution in [3.8, 4) is 79.0 Å². The largest absolute Gasteiger partial charge is 0.505 e. The summed E-state index contributed by atoms with van der Waals surface area (Å²) in [5, 5.41) is 23.9. The summed E-state index contributed by atoms with van der Waals surface area (Å²) in [5.74, 6) is 1.62. The number of nitrogens with zero attached hydrogens (tertiary/aromatic N) is 8. The van der Waals surface area contributed by atoms with E-state index in [1.807, 2.05) is 32.3 Å². The van der Waals surface area contributed by atoms with Crippen LogP contribution in [0.2, 0.25) is 0 Å². The summed E-state index contributed by atoms with van der Waals surface area (Å²) < 4.78 is 4.14. The van der Waals surface area contributed by atoms with Crippen LogP contribution in [0, 0.1) is 12.1 Å². The summed E-state index contributed by atoms with van der Waals surface area (Å²) in [6.07, 6.45) is 1.63. The molecule has 0 radical (unpaired) electrons.